The van der Waals surface area contributed by atoms with Crippen LogP contribution in [0.4, 0.5) is 0 Å². The first-order chi connectivity index (χ1) is 11.7. The van der Waals surface area contributed by atoms with E-state index in [9.17, 15) is 4.79 Å². The maximum Gasteiger partial charge on any atom is 0.255 e. The first kappa shape index (κ1) is 14.9. The number of pyridine rings is 1. The van der Waals surface area contributed by atoms with Crippen LogP contribution in [-0.4, -0.2) is 33.3 Å². The van der Waals surface area contributed by atoms with Gasteiger partial charge in [-0.2, -0.15) is 0 Å². The van der Waals surface area contributed by atoms with Crippen molar-refractivity contribution < 1.29 is 4.79 Å². The molecule has 1 aliphatic rings. The van der Waals surface area contributed by atoms with Crippen molar-refractivity contribution >= 4 is 11.6 Å². The van der Waals surface area contributed by atoms with Crippen LogP contribution in [0, 0.1) is 6.92 Å². The van der Waals surface area contributed by atoms with Crippen LogP contribution in [-0.2, 0) is 0 Å². The van der Waals surface area contributed by atoms with Gasteiger partial charge in [0.15, 0.2) is 0 Å². The van der Waals surface area contributed by atoms with Gasteiger partial charge in [0, 0.05) is 24.8 Å². The highest BCUT2D eigenvalue weighted by atomic mass is 16.2. The minimum absolute atomic E-state index is 0.125. The molecule has 2 aromatic heterocycles. The van der Waals surface area contributed by atoms with Gasteiger partial charge in [0.25, 0.3) is 5.91 Å². The van der Waals surface area contributed by atoms with E-state index < -0.39 is 0 Å². The summed E-state index contributed by atoms with van der Waals surface area (Å²) in [6.45, 7) is 3.81. The summed E-state index contributed by atoms with van der Waals surface area (Å²) in [4.78, 5) is 19.2. The molecule has 1 aromatic carbocycles. The zero-order chi connectivity index (χ0) is 16.5. The van der Waals surface area contributed by atoms with Gasteiger partial charge in [0.1, 0.15) is 5.65 Å². The Balaban J connectivity index is 1.72. The largest absolute Gasteiger partial charge is 0.339 e. The van der Waals surface area contributed by atoms with Crippen LogP contribution in [0.5, 0.6) is 0 Å². The lowest BCUT2D eigenvalue weighted by Gasteiger charge is -2.26. The number of carbonyl (C=O) groups is 1. The normalized spacial score (nSPS) is 15.0. The second kappa shape index (κ2) is 6.11. The molecule has 3 aromatic rings. The number of benzene rings is 1. The number of likely N-dealkylation sites (tertiary alicyclic amines) is 1. The predicted octanol–water partition coefficient (Wildman–Crippen LogP) is 3.94. The van der Waals surface area contributed by atoms with Crippen LogP contribution in [0.15, 0.2) is 48.8 Å². The molecule has 0 radical (unpaired) electrons. The molecule has 0 aliphatic carbocycles. The monoisotopic (exact) mass is 319 g/mol. The molecule has 0 unspecified atom stereocenters. The molecule has 3 heterocycles. The van der Waals surface area contributed by atoms with Crippen molar-refractivity contribution in [3.8, 4) is 11.3 Å². The number of aryl methyl sites for hydroxylation is 1. The zero-order valence-corrected chi connectivity index (χ0v) is 13.9. The van der Waals surface area contributed by atoms with Crippen molar-refractivity contribution in [3.05, 3.63) is 59.9 Å². The molecule has 4 nitrogen and oxygen atoms in total. The van der Waals surface area contributed by atoms with E-state index in [2.05, 4.69) is 36.2 Å². The van der Waals surface area contributed by atoms with Crippen LogP contribution in [0.2, 0.25) is 0 Å². The summed E-state index contributed by atoms with van der Waals surface area (Å²) in [6.07, 6.45) is 7.23. The standard InChI is InChI=1S/C20H21N3O/c1-15-5-7-16(8-6-15)18-13-21-19-10-9-17(14-23(18)19)20(24)22-11-3-2-4-12-22/h5-10,13-14H,2-4,11-12H2,1H3. The molecule has 0 N–H and O–H groups in total. The fourth-order valence-corrected chi connectivity index (χ4v) is 3.32. The van der Waals surface area contributed by atoms with E-state index in [1.807, 2.05) is 33.8 Å². The minimum Gasteiger partial charge on any atom is -0.339 e. The highest BCUT2D eigenvalue weighted by Gasteiger charge is 2.19. The SMILES string of the molecule is Cc1ccc(-c2cnc3ccc(C(=O)N4CCCCC4)cn23)cc1. The van der Waals surface area contributed by atoms with Gasteiger partial charge < -0.3 is 4.90 Å². The van der Waals surface area contributed by atoms with Crippen molar-refractivity contribution in [1.82, 2.24) is 14.3 Å². The first-order valence-corrected chi connectivity index (χ1v) is 8.56. The van der Waals surface area contributed by atoms with Crippen LogP contribution in [0.1, 0.15) is 35.2 Å². The number of piperidine rings is 1. The highest BCUT2D eigenvalue weighted by molar-refractivity contribution is 5.94. The summed E-state index contributed by atoms with van der Waals surface area (Å²) >= 11 is 0. The lowest BCUT2D eigenvalue weighted by Crippen LogP contribution is -2.35. The molecule has 4 heteroatoms. The maximum absolute atomic E-state index is 12.7. The molecule has 1 saturated heterocycles. The molecule has 1 aliphatic heterocycles. The van der Waals surface area contributed by atoms with Gasteiger partial charge in [-0.15, -0.1) is 0 Å². The molecular formula is C20H21N3O. The Morgan fingerprint density at radius 1 is 1.00 bits per heavy atom. The third kappa shape index (κ3) is 2.68. The Hall–Kier alpha value is -2.62. The second-order valence-electron chi connectivity index (χ2n) is 6.51. The Morgan fingerprint density at radius 3 is 2.50 bits per heavy atom. The summed E-state index contributed by atoms with van der Waals surface area (Å²) in [5, 5.41) is 0. The zero-order valence-electron chi connectivity index (χ0n) is 13.9. The number of nitrogens with zero attached hydrogens (tertiary/aromatic N) is 3. The van der Waals surface area contributed by atoms with E-state index in [0.717, 1.165) is 48.4 Å². The van der Waals surface area contributed by atoms with E-state index in [4.69, 9.17) is 0 Å². The summed E-state index contributed by atoms with van der Waals surface area (Å²) in [5.41, 5.74) is 4.94. The number of hydrogen-bond acceptors (Lipinski definition) is 2. The number of imidazole rings is 1. The quantitative estimate of drug-likeness (QED) is 0.717. The number of aromatic nitrogens is 2. The van der Waals surface area contributed by atoms with Crippen molar-refractivity contribution in [2.45, 2.75) is 26.2 Å². The van der Waals surface area contributed by atoms with Gasteiger partial charge in [-0.25, -0.2) is 4.98 Å². The van der Waals surface area contributed by atoms with Gasteiger partial charge in [0.2, 0.25) is 0 Å². The third-order valence-electron chi connectivity index (χ3n) is 4.74. The Morgan fingerprint density at radius 2 is 1.75 bits per heavy atom. The average Bonchev–Trinajstić information content (AvgIpc) is 3.05. The number of fused-ring (bicyclic) bond motifs is 1. The predicted molar refractivity (Wildman–Crippen MR) is 95.1 cm³/mol. The summed E-state index contributed by atoms with van der Waals surface area (Å²) in [7, 11) is 0. The Labute approximate surface area is 141 Å². The van der Waals surface area contributed by atoms with Crippen LogP contribution >= 0.6 is 0 Å². The molecule has 0 atom stereocenters. The number of hydrogen-bond donors (Lipinski definition) is 0. The van der Waals surface area contributed by atoms with Gasteiger partial charge in [-0.1, -0.05) is 29.8 Å². The van der Waals surface area contributed by atoms with E-state index in [-0.39, 0.29) is 5.91 Å². The Kier molecular flexibility index (Phi) is 3.81. The molecular weight excluding hydrogens is 298 g/mol. The van der Waals surface area contributed by atoms with Gasteiger partial charge in [0.05, 0.1) is 17.5 Å². The van der Waals surface area contributed by atoms with Gasteiger partial charge in [-0.05, 0) is 38.3 Å². The molecule has 1 amide bonds. The molecule has 122 valence electrons. The molecule has 4 rings (SSSR count). The number of rotatable bonds is 2. The summed E-state index contributed by atoms with van der Waals surface area (Å²) in [6, 6.07) is 12.2. The van der Waals surface area contributed by atoms with Crippen molar-refractivity contribution in [2.24, 2.45) is 0 Å². The minimum atomic E-state index is 0.125. The van der Waals surface area contributed by atoms with E-state index in [1.54, 1.807) is 0 Å². The second-order valence-corrected chi connectivity index (χ2v) is 6.51. The summed E-state index contributed by atoms with van der Waals surface area (Å²) in [5.74, 6) is 0.125. The number of amides is 1. The summed E-state index contributed by atoms with van der Waals surface area (Å²) < 4.78 is 2.02. The lowest BCUT2D eigenvalue weighted by atomic mass is 10.1. The van der Waals surface area contributed by atoms with Crippen LogP contribution in [0.3, 0.4) is 0 Å². The van der Waals surface area contributed by atoms with E-state index in [0.29, 0.717) is 0 Å². The van der Waals surface area contributed by atoms with Crippen molar-refractivity contribution in [1.29, 1.82) is 0 Å². The van der Waals surface area contributed by atoms with Crippen molar-refractivity contribution in [2.75, 3.05) is 13.1 Å². The molecule has 0 saturated carbocycles. The smallest absolute Gasteiger partial charge is 0.255 e. The fraction of sp³-hybridized carbons (Fsp3) is 0.300. The molecule has 0 bridgehead atoms. The molecule has 1 fully saturated rings. The lowest BCUT2D eigenvalue weighted by molar-refractivity contribution is 0.0724. The number of carbonyl (C=O) groups excluding carboxylic acids is 1. The third-order valence-corrected chi connectivity index (χ3v) is 4.74. The Bertz CT molecular complexity index is 874. The molecule has 24 heavy (non-hydrogen) atoms. The first-order valence-electron chi connectivity index (χ1n) is 8.56. The van der Waals surface area contributed by atoms with Crippen LogP contribution < -0.4 is 0 Å². The van der Waals surface area contributed by atoms with E-state index >= 15 is 0 Å². The van der Waals surface area contributed by atoms with E-state index in [1.165, 1.54) is 12.0 Å². The fourth-order valence-electron chi connectivity index (χ4n) is 3.32. The van der Waals surface area contributed by atoms with Gasteiger partial charge >= 0.3 is 0 Å². The topological polar surface area (TPSA) is 37.6 Å². The highest BCUT2D eigenvalue weighted by Crippen LogP contribution is 2.22. The van der Waals surface area contributed by atoms with Crippen LogP contribution in [0.25, 0.3) is 16.9 Å². The maximum atomic E-state index is 12.7. The van der Waals surface area contributed by atoms with Gasteiger partial charge in [-0.3, -0.25) is 9.20 Å². The molecule has 0 spiro atoms. The van der Waals surface area contributed by atoms with Crippen molar-refractivity contribution in [3.63, 3.8) is 0 Å². The average molecular weight is 319 g/mol.